The Balaban J connectivity index is 2.13. The van der Waals surface area contributed by atoms with Crippen molar-refractivity contribution in [1.29, 1.82) is 0 Å². The normalized spacial score (nSPS) is 14.8. The van der Waals surface area contributed by atoms with Crippen molar-refractivity contribution in [3.8, 4) is 5.69 Å². The Morgan fingerprint density at radius 2 is 2.19 bits per heavy atom. The van der Waals surface area contributed by atoms with Crippen LogP contribution in [0.3, 0.4) is 0 Å². The number of hydrogen-bond acceptors (Lipinski definition) is 2. The molecule has 2 aromatic rings. The van der Waals surface area contributed by atoms with Crippen LogP contribution in [0.15, 0.2) is 30.5 Å². The zero-order valence-electron chi connectivity index (χ0n) is 9.40. The molecule has 1 aromatic heterocycles. The Morgan fingerprint density at radius 3 is 3.06 bits per heavy atom. The van der Waals surface area contributed by atoms with E-state index in [0.29, 0.717) is 0 Å². The summed E-state index contributed by atoms with van der Waals surface area (Å²) in [4.78, 5) is 0. The maximum Gasteiger partial charge on any atom is 0.0678 e. The van der Waals surface area contributed by atoms with Crippen LogP contribution in [-0.2, 0) is 13.0 Å². The molecule has 0 bridgehead atoms. The van der Waals surface area contributed by atoms with Crippen molar-refractivity contribution in [1.82, 2.24) is 15.1 Å². The quantitative estimate of drug-likeness (QED) is 0.783. The van der Waals surface area contributed by atoms with Gasteiger partial charge in [0.2, 0.25) is 0 Å². The minimum absolute atomic E-state index is 0.920. The van der Waals surface area contributed by atoms with Crippen LogP contribution in [0.2, 0.25) is 0 Å². The van der Waals surface area contributed by atoms with Crippen LogP contribution in [0.5, 0.6) is 0 Å². The van der Waals surface area contributed by atoms with Crippen molar-refractivity contribution in [2.75, 3.05) is 6.54 Å². The molecule has 2 heterocycles. The van der Waals surface area contributed by atoms with Crippen LogP contribution >= 0.6 is 0 Å². The zero-order chi connectivity index (χ0) is 11.0. The van der Waals surface area contributed by atoms with Gasteiger partial charge in [0.25, 0.3) is 0 Å². The standard InChI is InChI=1S/C13H15N3/c1-10-4-2-3-5-12(10)16-13-9-14-7-6-11(13)8-15-16/h2-5,8,14H,6-7,9H2,1H3. The molecular weight excluding hydrogens is 198 g/mol. The lowest BCUT2D eigenvalue weighted by Gasteiger charge is -2.16. The largest absolute Gasteiger partial charge is 0.311 e. The van der Waals surface area contributed by atoms with Gasteiger partial charge in [0.1, 0.15) is 0 Å². The molecule has 0 amide bonds. The molecular formula is C13H15N3. The molecule has 82 valence electrons. The Hall–Kier alpha value is -1.61. The first-order valence-corrected chi connectivity index (χ1v) is 5.69. The summed E-state index contributed by atoms with van der Waals surface area (Å²) < 4.78 is 2.07. The molecule has 0 aliphatic carbocycles. The first-order valence-electron chi connectivity index (χ1n) is 5.69. The SMILES string of the molecule is Cc1ccccc1-n1ncc2c1CNCC2. The van der Waals surface area contributed by atoms with Crippen LogP contribution in [0.1, 0.15) is 16.8 Å². The first-order chi connectivity index (χ1) is 7.86. The lowest BCUT2D eigenvalue weighted by atomic mass is 10.1. The highest BCUT2D eigenvalue weighted by atomic mass is 15.3. The molecule has 3 nitrogen and oxygen atoms in total. The van der Waals surface area contributed by atoms with Gasteiger partial charge in [0, 0.05) is 6.54 Å². The molecule has 3 rings (SSSR count). The van der Waals surface area contributed by atoms with Crippen LogP contribution in [0.4, 0.5) is 0 Å². The third-order valence-electron chi connectivity index (χ3n) is 3.16. The van der Waals surface area contributed by atoms with Gasteiger partial charge in [-0.1, -0.05) is 18.2 Å². The predicted molar refractivity (Wildman–Crippen MR) is 63.7 cm³/mol. The maximum absolute atomic E-state index is 4.51. The van der Waals surface area contributed by atoms with E-state index in [1.54, 1.807) is 0 Å². The third kappa shape index (κ3) is 1.44. The highest BCUT2D eigenvalue weighted by Gasteiger charge is 2.15. The number of nitrogens with one attached hydrogen (secondary N) is 1. The minimum atomic E-state index is 0.920. The second kappa shape index (κ2) is 3.76. The van der Waals surface area contributed by atoms with Gasteiger partial charge in [-0.15, -0.1) is 0 Å². The summed E-state index contributed by atoms with van der Waals surface area (Å²) in [7, 11) is 0. The molecule has 1 aliphatic heterocycles. The molecule has 1 aromatic carbocycles. The summed E-state index contributed by atoms with van der Waals surface area (Å²) in [5.74, 6) is 0. The summed E-state index contributed by atoms with van der Waals surface area (Å²) in [5.41, 5.74) is 5.13. The fourth-order valence-electron chi connectivity index (χ4n) is 2.24. The van der Waals surface area contributed by atoms with E-state index < -0.39 is 0 Å². The summed E-state index contributed by atoms with van der Waals surface area (Å²) in [6.07, 6.45) is 3.09. The van der Waals surface area contributed by atoms with Crippen LogP contribution < -0.4 is 5.32 Å². The van der Waals surface area contributed by atoms with Crippen LogP contribution in [-0.4, -0.2) is 16.3 Å². The van der Waals surface area contributed by atoms with E-state index in [0.717, 1.165) is 19.5 Å². The van der Waals surface area contributed by atoms with Crippen molar-refractivity contribution in [2.45, 2.75) is 19.9 Å². The van der Waals surface area contributed by atoms with E-state index in [1.807, 2.05) is 6.20 Å². The number of hydrogen-bond donors (Lipinski definition) is 1. The number of benzene rings is 1. The van der Waals surface area contributed by atoms with Gasteiger partial charge < -0.3 is 5.32 Å². The number of aromatic nitrogens is 2. The van der Waals surface area contributed by atoms with Gasteiger partial charge in [-0.3, -0.25) is 0 Å². The molecule has 0 radical (unpaired) electrons. The fraction of sp³-hybridized carbons (Fsp3) is 0.308. The number of para-hydroxylation sites is 1. The Kier molecular flexibility index (Phi) is 2.26. The smallest absolute Gasteiger partial charge is 0.0678 e. The molecule has 1 aliphatic rings. The highest BCUT2D eigenvalue weighted by Crippen LogP contribution is 2.20. The average Bonchev–Trinajstić information content (AvgIpc) is 2.74. The molecule has 0 spiro atoms. The Morgan fingerprint density at radius 1 is 1.31 bits per heavy atom. The van der Waals surface area contributed by atoms with Gasteiger partial charge in [-0.25, -0.2) is 4.68 Å². The van der Waals surface area contributed by atoms with E-state index in [1.165, 1.54) is 22.5 Å². The molecule has 0 fully saturated rings. The van der Waals surface area contributed by atoms with Gasteiger partial charge in [0.05, 0.1) is 17.6 Å². The summed E-state index contributed by atoms with van der Waals surface area (Å²) in [6, 6.07) is 8.37. The van der Waals surface area contributed by atoms with Gasteiger partial charge >= 0.3 is 0 Å². The molecule has 3 heteroatoms. The summed E-state index contributed by atoms with van der Waals surface area (Å²) >= 11 is 0. The molecule has 16 heavy (non-hydrogen) atoms. The summed E-state index contributed by atoms with van der Waals surface area (Å²) in [6.45, 7) is 4.11. The number of rotatable bonds is 1. The van der Waals surface area contributed by atoms with Crippen molar-refractivity contribution in [3.05, 3.63) is 47.3 Å². The lowest BCUT2D eigenvalue weighted by molar-refractivity contribution is 0.614. The lowest BCUT2D eigenvalue weighted by Crippen LogP contribution is -2.25. The molecule has 0 saturated heterocycles. The number of fused-ring (bicyclic) bond motifs is 1. The highest BCUT2D eigenvalue weighted by molar-refractivity contribution is 5.42. The molecule has 0 saturated carbocycles. The minimum Gasteiger partial charge on any atom is -0.311 e. The van der Waals surface area contributed by atoms with Crippen molar-refractivity contribution >= 4 is 0 Å². The topological polar surface area (TPSA) is 29.9 Å². The van der Waals surface area contributed by atoms with Crippen molar-refractivity contribution in [3.63, 3.8) is 0 Å². The monoisotopic (exact) mass is 213 g/mol. The van der Waals surface area contributed by atoms with Gasteiger partial charge in [-0.2, -0.15) is 5.10 Å². The molecule has 0 atom stereocenters. The fourth-order valence-corrected chi connectivity index (χ4v) is 2.24. The van der Waals surface area contributed by atoms with Gasteiger partial charge in [-0.05, 0) is 37.1 Å². The van der Waals surface area contributed by atoms with Gasteiger partial charge in [0.15, 0.2) is 0 Å². The second-order valence-corrected chi connectivity index (χ2v) is 4.24. The van der Waals surface area contributed by atoms with E-state index >= 15 is 0 Å². The first kappa shape index (κ1) is 9.60. The third-order valence-corrected chi connectivity index (χ3v) is 3.16. The molecule has 1 N–H and O–H groups in total. The Bertz CT molecular complexity index is 514. The number of aryl methyl sites for hydroxylation is 1. The van der Waals surface area contributed by atoms with Crippen molar-refractivity contribution in [2.24, 2.45) is 0 Å². The van der Waals surface area contributed by atoms with Crippen LogP contribution in [0.25, 0.3) is 5.69 Å². The summed E-state index contributed by atoms with van der Waals surface area (Å²) in [5, 5.41) is 7.90. The second-order valence-electron chi connectivity index (χ2n) is 4.24. The zero-order valence-corrected chi connectivity index (χ0v) is 9.40. The maximum atomic E-state index is 4.51. The van der Waals surface area contributed by atoms with E-state index in [9.17, 15) is 0 Å². The Labute approximate surface area is 95.1 Å². The van der Waals surface area contributed by atoms with E-state index in [-0.39, 0.29) is 0 Å². The van der Waals surface area contributed by atoms with Crippen LogP contribution in [0, 0.1) is 6.92 Å². The predicted octanol–water partition coefficient (Wildman–Crippen LogP) is 1.83. The molecule has 0 unspecified atom stereocenters. The van der Waals surface area contributed by atoms with E-state index in [2.05, 4.69) is 46.3 Å². The van der Waals surface area contributed by atoms with E-state index in [4.69, 9.17) is 0 Å². The average molecular weight is 213 g/mol. The number of nitrogens with zero attached hydrogens (tertiary/aromatic N) is 2. The van der Waals surface area contributed by atoms with Crippen molar-refractivity contribution < 1.29 is 0 Å².